The predicted octanol–water partition coefficient (Wildman–Crippen LogP) is 10.3. The molecule has 0 atom stereocenters. The van der Waals surface area contributed by atoms with Crippen LogP contribution in [0.15, 0.2) is 58.8 Å². The highest BCUT2D eigenvalue weighted by atomic mass is 79.9. The van der Waals surface area contributed by atoms with Crippen molar-refractivity contribution < 1.29 is 19.0 Å². The lowest BCUT2D eigenvalue weighted by Crippen LogP contribution is -2.06. The maximum absolute atomic E-state index is 11.0. The number of rotatable bonds is 23. The minimum absolute atomic E-state index is 0.180. The average molecular weight is 604 g/mol. The van der Waals surface area contributed by atoms with Crippen molar-refractivity contribution in [1.29, 1.82) is 0 Å². The zero-order chi connectivity index (χ0) is 27.8. The van der Waals surface area contributed by atoms with Gasteiger partial charge in [-0.25, -0.2) is 0 Å². The Balaban J connectivity index is 1.50. The van der Waals surface area contributed by atoms with Crippen LogP contribution in [-0.2, 0) is 9.53 Å². The first-order chi connectivity index (χ1) is 19.2. The monoisotopic (exact) mass is 602 g/mol. The number of hydrogen-bond donors (Lipinski definition) is 0. The molecule has 0 aromatic heterocycles. The lowest BCUT2D eigenvalue weighted by Gasteiger charge is -2.07. The number of unbranched alkanes of at least 4 members (excludes halogenated alkanes) is 12. The average Bonchev–Trinajstić information content (AvgIpc) is 2.97. The van der Waals surface area contributed by atoms with E-state index in [1.54, 1.807) is 0 Å². The molecule has 6 nitrogen and oxygen atoms in total. The van der Waals surface area contributed by atoms with E-state index >= 15 is 0 Å². The van der Waals surface area contributed by atoms with E-state index in [0.717, 1.165) is 61.8 Å². The van der Waals surface area contributed by atoms with Gasteiger partial charge in [0, 0.05) is 0 Å². The van der Waals surface area contributed by atoms with Gasteiger partial charge in [-0.2, -0.15) is 10.2 Å². The van der Waals surface area contributed by atoms with Crippen LogP contribution in [0.4, 0.5) is 11.4 Å². The van der Waals surface area contributed by atoms with Crippen molar-refractivity contribution in [2.45, 2.75) is 96.8 Å². The SMILES string of the molecule is CCCCCCCCOc1ccc(/N=N/c2ccc(OCCCCCCCCCCOC(=O)CBr)cc2)cc1. The molecule has 0 aliphatic heterocycles. The first kappa shape index (κ1) is 32.8. The quantitative estimate of drug-likeness (QED) is 0.0548. The summed E-state index contributed by atoms with van der Waals surface area (Å²) >= 11 is 3.09. The van der Waals surface area contributed by atoms with E-state index in [2.05, 4.69) is 33.1 Å². The number of esters is 1. The van der Waals surface area contributed by atoms with Gasteiger partial charge in [-0.15, -0.1) is 0 Å². The van der Waals surface area contributed by atoms with Crippen molar-refractivity contribution >= 4 is 33.3 Å². The molecule has 2 rings (SSSR count). The highest BCUT2D eigenvalue weighted by molar-refractivity contribution is 9.09. The summed E-state index contributed by atoms with van der Waals surface area (Å²) in [6, 6.07) is 15.5. The molecule has 0 spiro atoms. The predicted molar refractivity (Wildman–Crippen MR) is 163 cm³/mol. The van der Waals surface area contributed by atoms with Gasteiger partial charge < -0.3 is 14.2 Å². The van der Waals surface area contributed by atoms with Crippen LogP contribution in [0, 0.1) is 0 Å². The second-order valence-electron chi connectivity index (χ2n) is 9.84. The molecule has 0 fully saturated rings. The third-order valence-electron chi connectivity index (χ3n) is 6.40. The largest absolute Gasteiger partial charge is 0.494 e. The molecule has 0 amide bonds. The number of ether oxygens (including phenoxy) is 3. The molecule has 0 unspecified atom stereocenters. The molecule has 0 saturated carbocycles. The van der Waals surface area contributed by atoms with Crippen LogP contribution in [0.2, 0.25) is 0 Å². The Morgan fingerprint density at radius 2 is 0.974 bits per heavy atom. The van der Waals surface area contributed by atoms with E-state index in [9.17, 15) is 4.79 Å². The Hall–Kier alpha value is -2.41. The van der Waals surface area contributed by atoms with Gasteiger partial charge in [0.15, 0.2) is 0 Å². The summed E-state index contributed by atoms with van der Waals surface area (Å²) in [6.07, 6.45) is 16.8. The van der Waals surface area contributed by atoms with Crippen LogP contribution in [0.5, 0.6) is 11.5 Å². The van der Waals surface area contributed by atoms with Gasteiger partial charge in [-0.3, -0.25) is 4.79 Å². The molecule has 0 N–H and O–H groups in total. The van der Waals surface area contributed by atoms with E-state index in [1.807, 2.05) is 48.5 Å². The summed E-state index contributed by atoms with van der Waals surface area (Å²) in [6.45, 7) is 4.27. The Morgan fingerprint density at radius 1 is 0.590 bits per heavy atom. The molecular weight excluding hydrogens is 556 g/mol. The Kier molecular flexibility index (Phi) is 18.8. The van der Waals surface area contributed by atoms with E-state index < -0.39 is 0 Å². The maximum atomic E-state index is 11.0. The van der Waals surface area contributed by atoms with Crippen molar-refractivity contribution in [3.05, 3.63) is 48.5 Å². The number of hydrogen-bond acceptors (Lipinski definition) is 6. The third-order valence-corrected chi connectivity index (χ3v) is 6.86. The van der Waals surface area contributed by atoms with Crippen molar-refractivity contribution in [2.75, 3.05) is 25.2 Å². The van der Waals surface area contributed by atoms with Gasteiger partial charge in [0.1, 0.15) is 16.8 Å². The van der Waals surface area contributed by atoms with Crippen LogP contribution >= 0.6 is 15.9 Å². The molecule has 0 heterocycles. The second-order valence-corrected chi connectivity index (χ2v) is 10.4. The number of carbonyl (C=O) groups excluding carboxylic acids is 1. The van der Waals surface area contributed by atoms with Crippen LogP contribution in [0.1, 0.15) is 96.8 Å². The number of carbonyl (C=O) groups is 1. The van der Waals surface area contributed by atoms with Crippen LogP contribution in [-0.4, -0.2) is 31.1 Å². The van der Waals surface area contributed by atoms with E-state index in [-0.39, 0.29) is 11.3 Å². The summed E-state index contributed by atoms with van der Waals surface area (Å²) in [4.78, 5) is 11.0. The summed E-state index contributed by atoms with van der Waals surface area (Å²) < 4.78 is 16.8. The molecule has 0 aliphatic carbocycles. The molecule has 216 valence electrons. The van der Waals surface area contributed by atoms with E-state index in [0.29, 0.717) is 6.61 Å². The number of azo groups is 1. The minimum Gasteiger partial charge on any atom is -0.494 e. The van der Waals surface area contributed by atoms with Crippen molar-refractivity contribution in [1.82, 2.24) is 0 Å². The third kappa shape index (κ3) is 17.0. The summed E-state index contributed by atoms with van der Waals surface area (Å²) in [7, 11) is 0. The summed E-state index contributed by atoms with van der Waals surface area (Å²) in [5.41, 5.74) is 1.60. The molecule has 0 saturated heterocycles. The minimum atomic E-state index is -0.180. The summed E-state index contributed by atoms with van der Waals surface area (Å²) in [5.74, 6) is 1.56. The first-order valence-electron chi connectivity index (χ1n) is 14.8. The molecule has 39 heavy (non-hydrogen) atoms. The fourth-order valence-electron chi connectivity index (χ4n) is 4.09. The number of nitrogens with zero attached hydrogens (tertiary/aromatic N) is 2. The number of benzene rings is 2. The lowest BCUT2D eigenvalue weighted by molar-refractivity contribution is -0.140. The highest BCUT2D eigenvalue weighted by Gasteiger charge is 2.00. The number of alkyl halides is 1. The van der Waals surface area contributed by atoms with Crippen LogP contribution < -0.4 is 9.47 Å². The van der Waals surface area contributed by atoms with Crippen molar-refractivity contribution in [3.8, 4) is 11.5 Å². The molecule has 2 aromatic carbocycles. The van der Waals surface area contributed by atoms with Gasteiger partial charge in [0.05, 0.1) is 31.2 Å². The molecular formula is C32H47BrN2O4. The summed E-state index contributed by atoms with van der Waals surface area (Å²) in [5, 5.41) is 8.95. The fraction of sp³-hybridized carbons (Fsp3) is 0.594. The fourth-order valence-corrected chi connectivity index (χ4v) is 4.25. The van der Waals surface area contributed by atoms with Crippen molar-refractivity contribution in [2.24, 2.45) is 10.2 Å². The van der Waals surface area contributed by atoms with Gasteiger partial charge in [-0.05, 0) is 67.8 Å². The highest BCUT2D eigenvalue weighted by Crippen LogP contribution is 2.23. The second kappa shape index (κ2) is 22.4. The molecule has 7 heteroatoms. The normalized spacial score (nSPS) is 11.1. The van der Waals surface area contributed by atoms with Crippen LogP contribution in [0.3, 0.4) is 0 Å². The van der Waals surface area contributed by atoms with Gasteiger partial charge in [0.2, 0.25) is 0 Å². The topological polar surface area (TPSA) is 69.5 Å². The van der Waals surface area contributed by atoms with Gasteiger partial charge in [0.25, 0.3) is 0 Å². The van der Waals surface area contributed by atoms with E-state index in [1.165, 1.54) is 64.2 Å². The Morgan fingerprint density at radius 3 is 1.38 bits per heavy atom. The maximum Gasteiger partial charge on any atom is 0.316 e. The first-order valence-corrected chi connectivity index (χ1v) is 15.9. The molecule has 0 bridgehead atoms. The Bertz CT molecular complexity index is 903. The number of halogens is 1. The van der Waals surface area contributed by atoms with Gasteiger partial charge >= 0.3 is 5.97 Å². The standard InChI is InChI=1S/C32H47BrN2O4/c1-2-3-4-5-10-13-24-37-30-20-16-28(17-21-30)34-35-29-18-22-31(23-19-29)38-25-14-11-8-6-7-9-12-15-26-39-32(36)27-33/h16-23H,2-15,24-27H2,1H3/b35-34+. The molecule has 0 aliphatic rings. The zero-order valence-corrected chi connectivity index (χ0v) is 25.3. The Labute approximate surface area is 244 Å². The smallest absolute Gasteiger partial charge is 0.316 e. The van der Waals surface area contributed by atoms with E-state index in [4.69, 9.17) is 14.2 Å². The molecule has 0 radical (unpaired) electrons. The van der Waals surface area contributed by atoms with Crippen LogP contribution in [0.25, 0.3) is 0 Å². The zero-order valence-electron chi connectivity index (χ0n) is 23.8. The molecule has 2 aromatic rings. The van der Waals surface area contributed by atoms with Crippen molar-refractivity contribution in [3.63, 3.8) is 0 Å². The van der Waals surface area contributed by atoms with Gasteiger partial charge in [-0.1, -0.05) is 93.5 Å². The lowest BCUT2D eigenvalue weighted by atomic mass is 10.1.